The Hall–Kier alpha value is -2.29. The SMILES string of the molecule is N#Cc1cc(NC(=O)Nc2cc(Cl)ccc2Cl)ccc1F. The van der Waals surface area contributed by atoms with Crippen molar-refractivity contribution in [1.82, 2.24) is 0 Å². The average molecular weight is 324 g/mol. The number of rotatable bonds is 2. The van der Waals surface area contributed by atoms with Gasteiger partial charge in [-0.2, -0.15) is 5.26 Å². The number of carbonyl (C=O) groups is 1. The van der Waals surface area contributed by atoms with Crippen LogP contribution >= 0.6 is 23.2 Å². The van der Waals surface area contributed by atoms with Crippen LogP contribution in [0.2, 0.25) is 10.0 Å². The Balaban J connectivity index is 2.12. The average Bonchev–Trinajstić information content (AvgIpc) is 2.45. The second-order valence-corrected chi connectivity index (χ2v) is 4.85. The predicted octanol–water partition coefficient (Wildman–Crippen LogP) is 4.65. The van der Waals surface area contributed by atoms with E-state index in [1.54, 1.807) is 18.2 Å². The van der Waals surface area contributed by atoms with Crippen molar-refractivity contribution in [1.29, 1.82) is 5.26 Å². The van der Waals surface area contributed by atoms with Crippen molar-refractivity contribution in [2.24, 2.45) is 0 Å². The summed E-state index contributed by atoms with van der Waals surface area (Å²) in [7, 11) is 0. The molecule has 2 N–H and O–H groups in total. The Labute approximate surface area is 130 Å². The number of urea groups is 1. The van der Waals surface area contributed by atoms with E-state index in [1.165, 1.54) is 18.2 Å². The molecule has 0 radical (unpaired) electrons. The molecule has 21 heavy (non-hydrogen) atoms. The number of halogens is 3. The standard InChI is InChI=1S/C14H8Cl2FN3O/c15-9-1-3-11(16)13(6-9)20-14(21)19-10-2-4-12(17)8(5-10)7-18/h1-6H,(H2,19,20,21). The van der Waals surface area contributed by atoms with Crippen LogP contribution in [0.1, 0.15) is 5.56 Å². The molecule has 0 heterocycles. The van der Waals surface area contributed by atoms with Gasteiger partial charge in [0.2, 0.25) is 0 Å². The monoisotopic (exact) mass is 323 g/mol. The fourth-order valence-corrected chi connectivity index (χ4v) is 1.90. The van der Waals surface area contributed by atoms with E-state index in [-0.39, 0.29) is 11.3 Å². The zero-order valence-electron chi connectivity index (χ0n) is 10.5. The maximum absolute atomic E-state index is 13.2. The smallest absolute Gasteiger partial charge is 0.308 e. The zero-order valence-corrected chi connectivity index (χ0v) is 12.0. The third-order valence-electron chi connectivity index (χ3n) is 2.52. The molecular weight excluding hydrogens is 316 g/mol. The lowest BCUT2D eigenvalue weighted by Gasteiger charge is -2.09. The highest BCUT2D eigenvalue weighted by molar-refractivity contribution is 6.35. The summed E-state index contributed by atoms with van der Waals surface area (Å²) in [5.74, 6) is -0.652. The molecule has 0 saturated carbocycles. The minimum atomic E-state index is -0.652. The molecule has 2 aromatic carbocycles. The number of anilines is 2. The van der Waals surface area contributed by atoms with Gasteiger partial charge in [0.1, 0.15) is 11.9 Å². The van der Waals surface area contributed by atoms with Crippen molar-refractivity contribution >= 4 is 40.6 Å². The molecule has 0 spiro atoms. The summed E-state index contributed by atoms with van der Waals surface area (Å²) in [5.41, 5.74) is 0.460. The van der Waals surface area contributed by atoms with E-state index >= 15 is 0 Å². The lowest BCUT2D eigenvalue weighted by molar-refractivity contribution is 0.262. The minimum absolute atomic E-state index is 0.159. The first kappa shape index (κ1) is 15.1. The van der Waals surface area contributed by atoms with Gasteiger partial charge in [0, 0.05) is 10.7 Å². The second kappa shape index (κ2) is 6.44. The maximum atomic E-state index is 13.2. The lowest BCUT2D eigenvalue weighted by Crippen LogP contribution is -2.19. The molecule has 2 amide bonds. The zero-order chi connectivity index (χ0) is 15.4. The van der Waals surface area contributed by atoms with E-state index in [4.69, 9.17) is 28.5 Å². The number of hydrogen-bond acceptors (Lipinski definition) is 2. The molecule has 4 nitrogen and oxygen atoms in total. The number of nitriles is 1. The quantitative estimate of drug-likeness (QED) is 0.844. The summed E-state index contributed by atoms with van der Waals surface area (Å²) >= 11 is 11.7. The van der Waals surface area contributed by atoms with Gasteiger partial charge in [-0.3, -0.25) is 0 Å². The third kappa shape index (κ3) is 3.85. The van der Waals surface area contributed by atoms with Gasteiger partial charge >= 0.3 is 6.03 Å². The van der Waals surface area contributed by atoms with Crippen LogP contribution in [-0.4, -0.2) is 6.03 Å². The van der Waals surface area contributed by atoms with Gasteiger partial charge in [-0.25, -0.2) is 9.18 Å². The molecule has 2 aromatic rings. The fourth-order valence-electron chi connectivity index (χ4n) is 1.57. The Morgan fingerprint density at radius 1 is 1.14 bits per heavy atom. The normalized spacial score (nSPS) is 9.81. The number of carbonyl (C=O) groups excluding carboxylic acids is 1. The second-order valence-electron chi connectivity index (χ2n) is 4.01. The van der Waals surface area contributed by atoms with Crippen molar-refractivity contribution in [3.05, 3.63) is 57.8 Å². The van der Waals surface area contributed by atoms with E-state index in [9.17, 15) is 9.18 Å². The summed E-state index contributed by atoms with van der Waals surface area (Å²) in [6.45, 7) is 0. The molecule has 7 heteroatoms. The van der Waals surface area contributed by atoms with E-state index < -0.39 is 11.8 Å². The highest BCUT2D eigenvalue weighted by atomic mass is 35.5. The molecular formula is C14H8Cl2FN3O. The number of benzene rings is 2. The van der Waals surface area contributed by atoms with Crippen LogP contribution in [0.15, 0.2) is 36.4 Å². The van der Waals surface area contributed by atoms with Gasteiger partial charge in [0.15, 0.2) is 0 Å². The van der Waals surface area contributed by atoms with Crippen molar-refractivity contribution in [3.63, 3.8) is 0 Å². The molecule has 0 aliphatic carbocycles. The topological polar surface area (TPSA) is 64.9 Å². The molecule has 0 fully saturated rings. The fraction of sp³-hybridized carbons (Fsp3) is 0. The molecule has 0 aromatic heterocycles. The first-order chi connectivity index (χ1) is 9.99. The van der Waals surface area contributed by atoms with Gasteiger partial charge < -0.3 is 10.6 Å². The predicted molar refractivity (Wildman–Crippen MR) is 80.2 cm³/mol. The van der Waals surface area contributed by atoms with Crippen LogP contribution in [-0.2, 0) is 0 Å². The summed E-state index contributed by atoms with van der Waals surface area (Å²) in [4.78, 5) is 11.8. The Morgan fingerprint density at radius 3 is 2.62 bits per heavy atom. The van der Waals surface area contributed by atoms with Crippen LogP contribution in [0, 0.1) is 17.1 Å². The van der Waals surface area contributed by atoms with Crippen LogP contribution in [0.5, 0.6) is 0 Å². The number of nitrogens with one attached hydrogen (secondary N) is 2. The van der Waals surface area contributed by atoms with E-state index in [1.807, 2.05) is 0 Å². The molecule has 0 saturated heterocycles. The van der Waals surface area contributed by atoms with Gasteiger partial charge in [-0.1, -0.05) is 23.2 Å². The van der Waals surface area contributed by atoms with Crippen LogP contribution in [0.4, 0.5) is 20.6 Å². The van der Waals surface area contributed by atoms with Gasteiger partial charge in [-0.15, -0.1) is 0 Å². The largest absolute Gasteiger partial charge is 0.323 e. The maximum Gasteiger partial charge on any atom is 0.323 e. The van der Waals surface area contributed by atoms with Crippen molar-refractivity contribution in [2.75, 3.05) is 10.6 Å². The molecule has 0 aliphatic heterocycles. The van der Waals surface area contributed by atoms with Crippen molar-refractivity contribution < 1.29 is 9.18 Å². The highest BCUT2D eigenvalue weighted by Crippen LogP contribution is 2.25. The molecule has 106 valence electrons. The summed E-state index contributed by atoms with van der Waals surface area (Å²) in [5, 5.41) is 14.5. The molecule has 0 aliphatic rings. The van der Waals surface area contributed by atoms with Crippen molar-refractivity contribution in [2.45, 2.75) is 0 Å². The number of amides is 2. The Morgan fingerprint density at radius 2 is 1.90 bits per heavy atom. The van der Waals surface area contributed by atoms with E-state index in [2.05, 4.69) is 10.6 Å². The first-order valence-electron chi connectivity index (χ1n) is 5.72. The number of hydrogen-bond donors (Lipinski definition) is 2. The van der Waals surface area contributed by atoms with Gasteiger partial charge in [-0.05, 0) is 36.4 Å². The van der Waals surface area contributed by atoms with Crippen molar-refractivity contribution in [3.8, 4) is 6.07 Å². The summed E-state index contributed by atoms with van der Waals surface area (Å²) in [6, 6.07) is 9.40. The lowest BCUT2D eigenvalue weighted by atomic mass is 10.2. The van der Waals surface area contributed by atoms with Crippen LogP contribution in [0.25, 0.3) is 0 Å². The third-order valence-corrected chi connectivity index (χ3v) is 3.09. The highest BCUT2D eigenvalue weighted by Gasteiger charge is 2.08. The summed E-state index contributed by atoms with van der Waals surface area (Å²) < 4.78 is 13.2. The van der Waals surface area contributed by atoms with E-state index in [0.717, 1.165) is 6.07 Å². The van der Waals surface area contributed by atoms with Crippen LogP contribution < -0.4 is 10.6 Å². The van der Waals surface area contributed by atoms with Crippen LogP contribution in [0.3, 0.4) is 0 Å². The Bertz CT molecular complexity index is 743. The minimum Gasteiger partial charge on any atom is -0.308 e. The molecule has 0 unspecified atom stereocenters. The summed E-state index contributed by atoms with van der Waals surface area (Å²) in [6.07, 6.45) is 0. The first-order valence-corrected chi connectivity index (χ1v) is 6.48. The number of nitrogens with zero attached hydrogens (tertiary/aromatic N) is 1. The molecule has 0 atom stereocenters. The Kier molecular flexibility index (Phi) is 4.63. The van der Waals surface area contributed by atoms with Gasteiger partial charge in [0.05, 0.1) is 16.3 Å². The van der Waals surface area contributed by atoms with E-state index in [0.29, 0.717) is 15.7 Å². The molecule has 2 rings (SSSR count). The van der Waals surface area contributed by atoms with Gasteiger partial charge in [0.25, 0.3) is 0 Å². The molecule has 0 bridgehead atoms.